The van der Waals surface area contributed by atoms with E-state index in [1.54, 1.807) is 25.1 Å². The second-order valence-electron chi connectivity index (χ2n) is 7.69. The molecule has 0 aliphatic carbocycles. The molecule has 0 aromatic carbocycles. The molecule has 1 aliphatic rings. The molecule has 2 aromatic rings. The highest BCUT2D eigenvalue weighted by Crippen LogP contribution is 2.21. The Balaban J connectivity index is 1.86. The summed E-state index contributed by atoms with van der Waals surface area (Å²) in [5, 5.41) is 4.06. The largest absolute Gasteiger partial charge is 0.444 e. The van der Waals surface area contributed by atoms with Crippen molar-refractivity contribution in [2.45, 2.75) is 39.8 Å². The third kappa shape index (κ3) is 3.96. The van der Waals surface area contributed by atoms with Gasteiger partial charge in [-0.1, -0.05) is 5.92 Å². The first-order chi connectivity index (χ1) is 13.2. The highest BCUT2D eigenvalue weighted by atomic mass is 16.6. The highest BCUT2D eigenvalue weighted by molar-refractivity contribution is 5.77. The van der Waals surface area contributed by atoms with E-state index in [9.17, 15) is 9.59 Å². The summed E-state index contributed by atoms with van der Waals surface area (Å²) in [6.07, 6.45) is 1.28. The Hall–Kier alpha value is -3.02. The van der Waals surface area contributed by atoms with Crippen molar-refractivity contribution in [3.8, 4) is 11.8 Å². The van der Waals surface area contributed by atoms with Crippen molar-refractivity contribution >= 4 is 23.1 Å². The normalized spacial score (nSPS) is 14.8. The molecule has 9 heteroatoms. The van der Waals surface area contributed by atoms with E-state index in [1.165, 1.54) is 4.68 Å². The van der Waals surface area contributed by atoms with Crippen LogP contribution in [0.5, 0.6) is 0 Å². The zero-order chi connectivity index (χ0) is 20.5. The molecule has 150 valence electrons. The van der Waals surface area contributed by atoms with Crippen LogP contribution in [0.3, 0.4) is 0 Å². The fourth-order valence-electron chi connectivity index (χ4n) is 3.09. The average Bonchev–Trinajstić information content (AvgIpc) is 3.01. The summed E-state index contributed by atoms with van der Waals surface area (Å²) in [5.41, 5.74) is 0.311. The summed E-state index contributed by atoms with van der Waals surface area (Å²) in [7, 11) is 1.61. The zero-order valence-electron chi connectivity index (χ0n) is 17.0. The third-order valence-electron chi connectivity index (χ3n) is 4.45. The zero-order valence-corrected chi connectivity index (χ0v) is 17.0. The Kier molecular flexibility index (Phi) is 5.31. The Morgan fingerprint density at radius 1 is 1.25 bits per heavy atom. The van der Waals surface area contributed by atoms with Gasteiger partial charge < -0.3 is 14.5 Å². The number of aromatic nitrogens is 4. The molecule has 0 radical (unpaired) electrons. The van der Waals surface area contributed by atoms with E-state index in [2.05, 4.69) is 26.8 Å². The van der Waals surface area contributed by atoms with Gasteiger partial charge in [0.05, 0.1) is 12.7 Å². The molecule has 2 aromatic heterocycles. The summed E-state index contributed by atoms with van der Waals surface area (Å²) >= 11 is 0. The van der Waals surface area contributed by atoms with E-state index in [1.807, 2.05) is 25.3 Å². The molecular weight excluding hydrogens is 360 g/mol. The van der Waals surface area contributed by atoms with Crippen LogP contribution in [0.2, 0.25) is 0 Å². The Bertz CT molecular complexity index is 997. The first-order valence-electron chi connectivity index (χ1n) is 9.26. The van der Waals surface area contributed by atoms with Crippen LogP contribution >= 0.6 is 0 Å². The number of nitrogens with zero attached hydrogens (tertiary/aromatic N) is 6. The quantitative estimate of drug-likeness (QED) is 0.722. The van der Waals surface area contributed by atoms with Crippen LogP contribution in [-0.2, 0) is 18.3 Å². The Morgan fingerprint density at radius 2 is 1.93 bits per heavy atom. The molecule has 3 rings (SSSR count). The second-order valence-corrected chi connectivity index (χ2v) is 7.69. The van der Waals surface area contributed by atoms with Gasteiger partial charge in [0, 0.05) is 33.2 Å². The van der Waals surface area contributed by atoms with E-state index in [4.69, 9.17) is 4.74 Å². The van der Waals surface area contributed by atoms with Gasteiger partial charge in [-0.3, -0.25) is 9.36 Å². The predicted octanol–water partition coefficient (Wildman–Crippen LogP) is 1.21. The van der Waals surface area contributed by atoms with Crippen molar-refractivity contribution in [3.05, 3.63) is 16.6 Å². The highest BCUT2D eigenvalue weighted by Gasteiger charge is 2.28. The van der Waals surface area contributed by atoms with Crippen molar-refractivity contribution in [1.29, 1.82) is 0 Å². The number of hydrogen-bond acceptors (Lipinski definition) is 6. The summed E-state index contributed by atoms with van der Waals surface area (Å²) in [6.45, 7) is 9.92. The van der Waals surface area contributed by atoms with Crippen LogP contribution in [0.25, 0.3) is 11.0 Å². The van der Waals surface area contributed by atoms with E-state index in [0.29, 0.717) is 49.7 Å². The molecule has 9 nitrogen and oxygen atoms in total. The van der Waals surface area contributed by atoms with Gasteiger partial charge >= 0.3 is 6.09 Å². The number of piperazine rings is 1. The van der Waals surface area contributed by atoms with E-state index >= 15 is 0 Å². The van der Waals surface area contributed by atoms with Crippen molar-refractivity contribution in [2.75, 3.05) is 31.1 Å². The van der Waals surface area contributed by atoms with Crippen LogP contribution in [0, 0.1) is 11.8 Å². The topological polar surface area (TPSA) is 85.5 Å². The average molecular weight is 386 g/mol. The summed E-state index contributed by atoms with van der Waals surface area (Å²) < 4.78 is 8.58. The van der Waals surface area contributed by atoms with Crippen LogP contribution in [0.15, 0.2) is 11.0 Å². The maximum absolute atomic E-state index is 12.6. The number of rotatable bonds is 2. The molecule has 28 heavy (non-hydrogen) atoms. The molecule has 1 fully saturated rings. The monoisotopic (exact) mass is 386 g/mol. The minimum atomic E-state index is -0.520. The molecule has 0 N–H and O–H groups in total. The van der Waals surface area contributed by atoms with Gasteiger partial charge in [-0.25, -0.2) is 14.5 Å². The van der Waals surface area contributed by atoms with Gasteiger partial charge in [-0.05, 0) is 27.7 Å². The van der Waals surface area contributed by atoms with Crippen LogP contribution < -0.4 is 10.5 Å². The number of fused-ring (bicyclic) bond motifs is 1. The third-order valence-corrected chi connectivity index (χ3v) is 4.45. The van der Waals surface area contributed by atoms with Gasteiger partial charge in [0.15, 0.2) is 0 Å². The van der Waals surface area contributed by atoms with E-state index < -0.39 is 5.60 Å². The minimum Gasteiger partial charge on any atom is -0.444 e. The van der Waals surface area contributed by atoms with Gasteiger partial charge in [0.1, 0.15) is 16.6 Å². The number of carbonyl (C=O) groups excluding carboxylic acids is 1. The van der Waals surface area contributed by atoms with Crippen LogP contribution in [0.1, 0.15) is 27.7 Å². The number of amides is 1. The van der Waals surface area contributed by atoms with E-state index in [0.717, 1.165) is 0 Å². The molecule has 0 bridgehead atoms. The SMILES string of the molecule is CC#CCn1c(N2CCN(C(=O)OC(C)(C)C)CC2)nc2cnn(C)c(=O)c21. The van der Waals surface area contributed by atoms with Gasteiger partial charge in [0.2, 0.25) is 5.95 Å². The summed E-state index contributed by atoms with van der Waals surface area (Å²) in [4.78, 5) is 33.3. The minimum absolute atomic E-state index is 0.207. The number of ether oxygens (including phenoxy) is 1. The fourth-order valence-corrected chi connectivity index (χ4v) is 3.09. The molecule has 1 saturated heterocycles. The molecule has 0 spiro atoms. The molecular formula is C19H26N6O3. The number of imidazole rings is 1. The van der Waals surface area contributed by atoms with Crippen molar-refractivity contribution < 1.29 is 9.53 Å². The summed E-state index contributed by atoms with van der Waals surface area (Å²) in [5.74, 6) is 6.56. The number of carbonyl (C=O) groups is 1. The Morgan fingerprint density at radius 3 is 2.54 bits per heavy atom. The lowest BCUT2D eigenvalue weighted by atomic mass is 10.2. The summed E-state index contributed by atoms with van der Waals surface area (Å²) in [6, 6.07) is 0. The predicted molar refractivity (Wildman–Crippen MR) is 106 cm³/mol. The van der Waals surface area contributed by atoms with Crippen LogP contribution in [-0.4, -0.2) is 62.1 Å². The van der Waals surface area contributed by atoms with Gasteiger partial charge in [0.25, 0.3) is 5.56 Å². The maximum Gasteiger partial charge on any atom is 0.410 e. The lowest BCUT2D eigenvalue weighted by Crippen LogP contribution is -2.50. The maximum atomic E-state index is 12.6. The van der Waals surface area contributed by atoms with Crippen molar-refractivity contribution in [2.24, 2.45) is 7.05 Å². The molecule has 0 unspecified atom stereocenters. The van der Waals surface area contributed by atoms with Gasteiger partial charge in [-0.15, -0.1) is 5.92 Å². The van der Waals surface area contributed by atoms with Gasteiger partial charge in [-0.2, -0.15) is 5.10 Å². The molecule has 1 amide bonds. The second kappa shape index (κ2) is 7.54. The molecule has 3 heterocycles. The first-order valence-corrected chi connectivity index (χ1v) is 9.26. The fraction of sp³-hybridized carbons (Fsp3) is 0.579. The molecule has 1 aliphatic heterocycles. The first kappa shape index (κ1) is 19.7. The van der Waals surface area contributed by atoms with Crippen molar-refractivity contribution in [3.63, 3.8) is 0 Å². The van der Waals surface area contributed by atoms with Crippen molar-refractivity contribution in [1.82, 2.24) is 24.2 Å². The number of hydrogen-bond donors (Lipinski definition) is 0. The number of anilines is 1. The lowest BCUT2D eigenvalue weighted by Gasteiger charge is -2.36. The lowest BCUT2D eigenvalue weighted by molar-refractivity contribution is 0.0240. The van der Waals surface area contributed by atoms with E-state index in [-0.39, 0.29) is 11.7 Å². The number of aryl methyl sites for hydroxylation is 1. The standard InChI is InChI=1S/C19H26N6O3/c1-6-7-8-25-15-14(13-20-22(5)16(15)26)21-17(25)23-9-11-24(12-10-23)18(27)28-19(2,3)4/h13H,8-12H2,1-5H3. The Labute approximate surface area is 163 Å². The molecule has 0 saturated carbocycles. The van der Waals surface area contributed by atoms with Crippen LogP contribution in [0.4, 0.5) is 10.7 Å². The smallest absolute Gasteiger partial charge is 0.410 e. The molecule has 0 atom stereocenters.